The monoisotopic (exact) mass is 397 g/mol. The Morgan fingerprint density at radius 1 is 1.21 bits per heavy atom. The first-order chi connectivity index (χ1) is 13.7. The summed E-state index contributed by atoms with van der Waals surface area (Å²) in [5.74, 6) is 1.48. The molecule has 1 amide bonds. The lowest BCUT2D eigenvalue weighted by atomic mass is 10.2. The van der Waals surface area contributed by atoms with E-state index in [-0.39, 0.29) is 5.91 Å². The third-order valence-corrected chi connectivity index (χ3v) is 5.71. The first kappa shape index (κ1) is 18.6. The molecule has 0 unspecified atom stereocenters. The Morgan fingerprint density at radius 3 is 2.79 bits per heavy atom. The van der Waals surface area contributed by atoms with Gasteiger partial charge in [0.2, 0.25) is 0 Å². The molecule has 3 heterocycles. The molecule has 146 valence electrons. The highest BCUT2D eigenvalue weighted by molar-refractivity contribution is 7.13. The lowest BCUT2D eigenvalue weighted by Crippen LogP contribution is -2.27. The number of ether oxygens (including phenoxy) is 2. The number of benzene rings is 1. The van der Waals surface area contributed by atoms with E-state index in [0.717, 1.165) is 53.5 Å². The van der Waals surface area contributed by atoms with Crippen LogP contribution in [-0.4, -0.2) is 47.6 Å². The van der Waals surface area contributed by atoms with E-state index in [1.807, 2.05) is 47.7 Å². The van der Waals surface area contributed by atoms with Crippen molar-refractivity contribution in [3.8, 4) is 33.3 Å². The number of hydrogen-bond donors (Lipinski definition) is 1. The van der Waals surface area contributed by atoms with Crippen molar-refractivity contribution in [1.29, 1.82) is 0 Å². The van der Waals surface area contributed by atoms with E-state index in [2.05, 4.69) is 4.98 Å². The van der Waals surface area contributed by atoms with Gasteiger partial charge in [-0.3, -0.25) is 4.79 Å². The molecule has 0 aliphatic carbocycles. The molecule has 4 rings (SSSR count). The Labute approximate surface area is 168 Å². The number of nitrogens with zero attached hydrogens (tertiary/aromatic N) is 2. The molecular weight excluding hydrogens is 374 g/mol. The average molecular weight is 398 g/mol. The van der Waals surface area contributed by atoms with E-state index in [1.165, 1.54) is 0 Å². The summed E-state index contributed by atoms with van der Waals surface area (Å²) in [4.78, 5) is 22.3. The summed E-state index contributed by atoms with van der Waals surface area (Å²) >= 11 is 1.56. The lowest BCUT2D eigenvalue weighted by molar-refractivity contribution is 0.0788. The van der Waals surface area contributed by atoms with Crippen LogP contribution in [0.1, 0.15) is 30.3 Å². The normalized spacial score (nSPS) is 13.7. The van der Waals surface area contributed by atoms with Gasteiger partial charge in [0.05, 0.1) is 19.4 Å². The Morgan fingerprint density at radius 2 is 2.04 bits per heavy atom. The lowest BCUT2D eigenvalue weighted by Gasteiger charge is -2.13. The van der Waals surface area contributed by atoms with Crippen molar-refractivity contribution >= 4 is 17.2 Å². The number of carbonyl (C=O) groups is 1. The highest BCUT2D eigenvalue weighted by atomic mass is 32.1. The van der Waals surface area contributed by atoms with Gasteiger partial charge in [-0.15, -0.1) is 11.3 Å². The zero-order valence-electron chi connectivity index (χ0n) is 16.0. The molecule has 1 aliphatic heterocycles. The molecule has 0 radical (unpaired) electrons. The van der Waals surface area contributed by atoms with Crippen molar-refractivity contribution in [2.75, 3.05) is 26.8 Å². The predicted molar refractivity (Wildman–Crippen MR) is 110 cm³/mol. The van der Waals surface area contributed by atoms with Gasteiger partial charge in [0.1, 0.15) is 10.7 Å². The highest BCUT2D eigenvalue weighted by Gasteiger charge is 2.21. The van der Waals surface area contributed by atoms with Crippen molar-refractivity contribution in [2.24, 2.45) is 0 Å². The van der Waals surface area contributed by atoms with Gasteiger partial charge >= 0.3 is 0 Å². The molecule has 2 aromatic heterocycles. The molecule has 0 atom stereocenters. The fourth-order valence-electron chi connectivity index (χ4n) is 3.37. The SMILES string of the molecule is CCOc1ccc(-c2nc(-c3c[nH]c(C(=O)N4CCCC4)c3)cs2)cc1OC. The molecule has 0 bridgehead atoms. The molecule has 0 saturated carbocycles. The minimum Gasteiger partial charge on any atom is -0.493 e. The third kappa shape index (κ3) is 3.62. The maximum atomic E-state index is 12.5. The van der Waals surface area contributed by atoms with Gasteiger partial charge in [-0.2, -0.15) is 0 Å². The molecule has 1 aliphatic rings. The number of nitrogens with one attached hydrogen (secondary N) is 1. The number of carbonyl (C=O) groups excluding carboxylic acids is 1. The van der Waals surface area contributed by atoms with Crippen molar-refractivity contribution in [1.82, 2.24) is 14.9 Å². The summed E-state index contributed by atoms with van der Waals surface area (Å²) in [6, 6.07) is 7.71. The maximum Gasteiger partial charge on any atom is 0.270 e. The van der Waals surface area contributed by atoms with Gasteiger partial charge in [0.25, 0.3) is 5.91 Å². The third-order valence-electron chi connectivity index (χ3n) is 4.82. The summed E-state index contributed by atoms with van der Waals surface area (Å²) < 4.78 is 11.0. The first-order valence-electron chi connectivity index (χ1n) is 9.44. The molecule has 0 spiro atoms. The van der Waals surface area contributed by atoms with E-state index in [1.54, 1.807) is 18.4 Å². The van der Waals surface area contributed by atoms with Gasteiger partial charge in [0, 0.05) is 35.8 Å². The number of aromatic amines is 1. The number of rotatable bonds is 6. The standard InChI is InChI=1S/C21H23N3O3S/c1-3-27-18-7-6-14(11-19(18)26-2)20-23-17(13-28-20)15-10-16(22-12-15)21(25)24-8-4-5-9-24/h6-7,10-13,22H,3-5,8-9H2,1-2H3. The van der Waals surface area contributed by atoms with E-state index in [4.69, 9.17) is 14.5 Å². The first-order valence-corrected chi connectivity index (χ1v) is 10.3. The van der Waals surface area contributed by atoms with E-state index in [0.29, 0.717) is 18.1 Å². The van der Waals surface area contributed by atoms with E-state index < -0.39 is 0 Å². The number of likely N-dealkylation sites (tertiary alicyclic amines) is 1. The molecule has 28 heavy (non-hydrogen) atoms. The molecule has 1 aromatic carbocycles. The minimum atomic E-state index is 0.0652. The molecule has 1 fully saturated rings. The molecule has 3 aromatic rings. The van der Waals surface area contributed by atoms with Crippen LogP contribution in [0.15, 0.2) is 35.8 Å². The summed E-state index contributed by atoms with van der Waals surface area (Å²) in [6.45, 7) is 4.21. The van der Waals surface area contributed by atoms with Crippen LogP contribution in [0, 0.1) is 0 Å². The second-order valence-corrected chi connectivity index (χ2v) is 7.50. The summed E-state index contributed by atoms with van der Waals surface area (Å²) in [7, 11) is 1.63. The number of hydrogen-bond acceptors (Lipinski definition) is 5. The largest absolute Gasteiger partial charge is 0.493 e. The number of methoxy groups -OCH3 is 1. The topological polar surface area (TPSA) is 67.5 Å². The number of amides is 1. The maximum absolute atomic E-state index is 12.5. The van der Waals surface area contributed by atoms with Gasteiger partial charge in [0.15, 0.2) is 11.5 Å². The van der Waals surface area contributed by atoms with Gasteiger partial charge < -0.3 is 19.4 Å². The second kappa shape index (κ2) is 8.06. The summed E-state index contributed by atoms with van der Waals surface area (Å²) in [6.07, 6.45) is 4.02. The van der Waals surface area contributed by atoms with Crippen molar-refractivity contribution in [3.05, 3.63) is 41.5 Å². The van der Waals surface area contributed by atoms with E-state index in [9.17, 15) is 4.79 Å². The van der Waals surface area contributed by atoms with Gasteiger partial charge in [-0.25, -0.2) is 4.98 Å². The highest BCUT2D eigenvalue weighted by Crippen LogP contribution is 2.35. The molecule has 6 nitrogen and oxygen atoms in total. The Kier molecular flexibility index (Phi) is 5.34. The predicted octanol–water partition coefficient (Wildman–Crippen LogP) is 4.45. The molecule has 1 N–H and O–H groups in total. The van der Waals surface area contributed by atoms with Crippen molar-refractivity contribution in [3.63, 3.8) is 0 Å². The van der Waals surface area contributed by atoms with Crippen LogP contribution in [-0.2, 0) is 0 Å². The molecule has 1 saturated heterocycles. The Bertz CT molecular complexity index is 973. The van der Waals surface area contributed by atoms with Gasteiger partial charge in [-0.05, 0) is 44.0 Å². The van der Waals surface area contributed by atoms with Gasteiger partial charge in [-0.1, -0.05) is 0 Å². The zero-order chi connectivity index (χ0) is 19.5. The van der Waals surface area contributed by atoms with Crippen molar-refractivity contribution in [2.45, 2.75) is 19.8 Å². The number of thiazole rings is 1. The van der Waals surface area contributed by atoms with Crippen LogP contribution in [0.5, 0.6) is 11.5 Å². The summed E-state index contributed by atoms with van der Waals surface area (Å²) in [5, 5.41) is 2.90. The molecular formula is C21H23N3O3S. The minimum absolute atomic E-state index is 0.0652. The number of aromatic nitrogens is 2. The second-order valence-electron chi connectivity index (χ2n) is 6.64. The van der Waals surface area contributed by atoms with Crippen LogP contribution in [0.4, 0.5) is 0 Å². The van der Waals surface area contributed by atoms with Crippen LogP contribution in [0.2, 0.25) is 0 Å². The van der Waals surface area contributed by atoms with Crippen LogP contribution in [0.3, 0.4) is 0 Å². The number of H-pyrrole nitrogens is 1. The zero-order valence-corrected chi connectivity index (χ0v) is 16.8. The fourth-order valence-corrected chi connectivity index (χ4v) is 4.20. The smallest absolute Gasteiger partial charge is 0.270 e. The Balaban J connectivity index is 1.56. The van der Waals surface area contributed by atoms with Crippen LogP contribution < -0.4 is 9.47 Å². The molecule has 7 heteroatoms. The van der Waals surface area contributed by atoms with E-state index >= 15 is 0 Å². The average Bonchev–Trinajstić information content (AvgIpc) is 3.49. The quantitative estimate of drug-likeness (QED) is 0.667. The van der Waals surface area contributed by atoms with Crippen molar-refractivity contribution < 1.29 is 14.3 Å². The van der Waals surface area contributed by atoms with Crippen LogP contribution >= 0.6 is 11.3 Å². The Hall–Kier alpha value is -2.80. The summed E-state index contributed by atoms with van der Waals surface area (Å²) in [5.41, 5.74) is 3.36. The van der Waals surface area contributed by atoms with Crippen LogP contribution in [0.25, 0.3) is 21.8 Å². The fraction of sp³-hybridized carbons (Fsp3) is 0.333.